The molecule has 0 saturated carbocycles. The van der Waals surface area contributed by atoms with Crippen molar-refractivity contribution in [3.05, 3.63) is 30.1 Å². The first-order valence-electron chi connectivity index (χ1n) is 5.51. The third-order valence-electron chi connectivity index (χ3n) is 2.67. The number of ether oxygens (including phenoxy) is 1. The Bertz CT molecular complexity index is 290. The zero-order valence-electron chi connectivity index (χ0n) is 10.3. The van der Waals surface area contributed by atoms with Crippen LogP contribution in [0.3, 0.4) is 0 Å². The second kappa shape index (κ2) is 6.58. The molecule has 4 nitrogen and oxygen atoms in total. The van der Waals surface area contributed by atoms with Crippen LogP contribution in [0.5, 0.6) is 0 Å². The van der Waals surface area contributed by atoms with Crippen LogP contribution in [0.25, 0.3) is 0 Å². The molecule has 0 bridgehead atoms. The summed E-state index contributed by atoms with van der Waals surface area (Å²) in [6.07, 6.45) is 3.60. The minimum atomic E-state index is 0.0734. The molecule has 1 aromatic rings. The monoisotopic (exact) mass is 223 g/mol. The highest BCUT2D eigenvalue weighted by Crippen LogP contribution is 2.20. The van der Waals surface area contributed by atoms with E-state index >= 15 is 0 Å². The molecule has 1 aromatic heterocycles. The fourth-order valence-electron chi connectivity index (χ4n) is 1.89. The summed E-state index contributed by atoms with van der Waals surface area (Å²) >= 11 is 0. The number of nitrogens with zero attached hydrogens (tertiary/aromatic N) is 2. The Balaban J connectivity index is 2.75. The van der Waals surface area contributed by atoms with Crippen molar-refractivity contribution in [3.63, 3.8) is 0 Å². The molecule has 0 fully saturated rings. The van der Waals surface area contributed by atoms with E-state index in [4.69, 9.17) is 10.5 Å². The first-order chi connectivity index (χ1) is 7.66. The van der Waals surface area contributed by atoms with Gasteiger partial charge in [0.1, 0.15) is 0 Å². The number of methoxy groups -OCH3 is 1. The molecule has 0 amide bonds. The lowest BCUT2D eigenvalue weighted by atomic mass is 10.0. The van der Waals surface area contributed by atoms with Crippen molar-refractivity contribution >= 4 is 0 Å². The quantitative estimate of drug-likeness (QED) is 0.783. The van der Waals surface area contributed by atoms with Crippen LogP contribution in [0.15, 0.2) is 24.5 Å². The number of hydrogen-bond acceptors (Lipinski definition) is 4. The molecule has 0 aliphatic rings. The average molecular weight is 223 g/mol. The predicted octanol–water partition coefficient (Wildman–Crippen LogP) is 1.05. The van der Waals surface area contributed by atoms with Gasteiger partial charge in [0.2, 0.25) is 0 Å². The topological polar surface area (TPSA) is 51.4 Å². The van der Waals surface area contributed by atoms with Crippen molar-refractivity contribution < 1.29 is 4.74 Å². The third kappa shape index (κ3) is 3.56. The Morgan fingerprint density at radius 1 is 1.44 bits per heavy atom. The van der Waals surface area contributed by atoms with Crippen LogP contribution in [0.4, 0.5) is 0 Å². The van der Waals surface area contributed by atoms with Gasteiger partial charge in [-0.2, -0.15) is 0 Å². The summed E-state index contributed by atoms with van der Waals surface area (Å²) in [6, 6.07) is 4.30. The second-order valence-corrected chi connectivity index (χ2v) is 4.06. The number of nitrogens with two attached hydrogens (primary N) is 1. The smallest absolute Gasteiger partial charge is 0.0589 e. The zero-order chi connectivity index (χ0) is 12.0. The molecule has 0 saturated heterocycles. The van der Waals surface area contributed by atoms with Gasteiger partial charge in [0.25, 0.3) is 0 Å². The number of rotatable bonds is 6. The van der Waals surface area contributed by atoms with Gasteiger partial charge in [0.05, 0.1) is 6.61 Å². The molecular weight excluding hydrogens is 202 g/mol. The van der Waals surface area contributed by atoms with Crippen LogP contribution in [0.1, 0.15) is 18.5 Å². The standard InChI is InChI=1S/C12H21N3O/c1-10(13)12(15(2)8-9-16-3)11-4-6-14-7-5-11/h4-7,10,12H,8-9,13H2,1-3H3. The van der Waals surface area contributed by atoms with Crippen molar-refractivity contribution in [2.45, 2.75) is 19.0 Å². The predicted molar refractivity (Wildman–Crippen MR) is 65.1 cm³/mol. The summed E-state index contributed by atoms with van der Waals surface area (Å²) in [4.78, 5) is 6.24. The van der Waals surface area contributed by atoms with E-state index in [0.717, 1.165) is 6.54 Å². The Labute approximate surface area is 97.4 Å². The van der Waals surface area contributed by atoms with Crippen LogP contribution in [0, 0.1) is 0 Å². The van der Waals surface area contributed by atoms with Gasteiger partial charge in [-0.3, -0.25) is 9.88 Å². The van der Waals surface area contributed by atoms with Gasteiger partial charge in [0.15, 0.2) is 0 Å². The summed E-state index contributed by atoms with van der Waals surface area (Å²) in [5.41, 5.74) is 7.24. The van der Waals surface area contributed by atoms with Gasteiger partial charge in [-0.05, 0) is 31.7 Å². The number of aromatic nitrogens is 1. The summed E-state index contributed by atoms with van der Waals surface area (Å²) in [7, 11) is 3.77. The highest BCUT2D eigenvalue weighted by atomic mass is 16.5. The van der Waals surface area contributed by atoms with Crippen LogP contribution in [0.2, 0.25) is 0 Å². The Kier molecular flexibility index (Phi) is 5.38. The van der Waals surface area contributed by atoms with Crippen LogP contribution in [-0.2, 0) is 4.74 Å². The number of pyridine rings is 1. The van der Waals surface area contributed by atoms with Gasteiger partial charge in [-0.25, -0.2) is 0 Å². The first-order valence-corrected chi connectivity index (χ1v) is 5.51. The zero-order valence-corrected chi connectivity index (χ0v) is 10.3. The lowest BCUT2D eigenvalue weighted by molar-refractivity contribution is 0.131. The fourth-order valence-corrected chi connectivity index (χ4v) is 1.89. The molecule has 16 heavy (non-hydrogen) atoms. The van der Waals surface area contributed by atoms with Crippen molar-refractivity contribution in [3.8, 4) is 0 Å². The van der Waals surface area contributed by atoms with Crippen molar-refractivity contribution in [2.75, 3.05) is 27.3 Å². The Hall–Kier alpha value is -0.970. The maximum absolute atomic E-state index is 6.04. The van der Waals surface area contributed by atoms with Crippen molar-refractivity contribution in [2.24, 2.45) is 5.73 Å². The van der Waals surface area contributed by atoms with Crippen LogP contribution >= 0.6 is 0 Å². The first kappa shape index (κ1) is 13.1. The molecule has 0 radical (unpaired) electrons. The minimum Gasteiger partial charge on any atom is -0.383 e. The summed E-state index contributed by atoms with van der Waals surface area (Å²) in [5.74, 6) is 0. The third-order valence-corrected chi connectivity index (χ3v) is 2.67. The molecule has 0 spiro atoms. The second-order valence-electron chi connectivity index (χ2n) is 4.06. The van der Waals surface area contributed by atoms with E-state index in [1.807, 2.05) is 19.1 Å². The fraction of sp³-hybridized carbons (Fsp3) is 0.583. The highest BCUT2D eigenvalue weighted by molar-refractivity contribution is 5.16. The Morgan fingerprint density at radius 2 is 2.06 bits per heavy atom. The van der Waals surface area contributed by atoms with Crippen LogP contribution < -0.4 is 5.73 Å². The van der Waals surface area contributed by atoms with Gasteiger partial charge in [-0.15, -0.1) is 0 Å². The van der Waals surface area contributed by atoms with E-state index in [2.05, 4.69) is 16.9 Å². The maximum atomic E-state index is 6.04. The summed E-state index contributed by atoms with van der Waals surface area (Å²) < 4.78 is 5.08. The SMILES string of the molecule is COCCN(C)C(c1ccncc1)C(C)N. The molecular formula is C12H21N3O. The average Bonchev–Trinajstić information content (AvgIpc) is 2.27. The summed E-state index contributed by atoms with van der Waals surface area (Å²) in [5, 5.41) is 0. The molecule has 2 unspecified atom stereocenters. The molecule has 2 atom stereocenters. The van der Waals surface area contributed by atoms with Crippen molar-refractivity contribution in [1.82, 2.24) is 9.88 Å². The molecule has 0 aliphatic heterocycles. The number of likely N-dealkylation sites (N-methyl/N-ethyl adjacent to an activating group) is 1. The molecule has 1 rings (SSSR count). The molecule has 1 heterocycles. The van der Waals surface area contributed by atoms with Gasteiger partial charge >= 0.3 is 0 Å². The highest BCUT2D eigenvalue weighted by Gasteiger charge is 2.20. The van der Waals surface area contributed by atoms with E-state index in [9.17, 15) is 0 Å². The van der Waals surface area contributed by atoms with Gasteiger partial charge in [0, 0.05) is 38.1 Å². The Morgan fingerprint density at radius 3 is 2.56 bits per heavy atom. The number of hydrogen-bond donors (Lipinski definition) is 1. The normalized spacial score (nSPS) is 15.1. The summed E-state index contributed by atoms with van der Waals surface area (Å²) in [6.45, 7) is 3.60. The minimum absolute atomic E-state index is 0.0734. The molecule has 2 N–H and O–H groups in total. The molecule has 0 aliphatic carbocycles. The van der Waals surface area contributed by atoms with E-state index in [1.54, 1.807) is 19.5 Å². The van der Waals surface area contributed by atoms with E-state index in [1.165, 1.54) is 5.56 Å². The van der Waals surface area contributed by atoms with E-state index < -0.39 is 0 Å². The molecule has 0 aromatic carbocycles. The lowest BCUT2D eigenvalue weighted by Crippen LogP contribution is -2.38. The van der Waals surface area contributed by atoms with Gasteiger partial charge < -0.3 is 10.5 Å². The molecule has 90 valence electrons. The van der Waals surface area contributed by atoms with Crippen LogP contribution in [-0.4, -0.2) is 43.2 Å². The van der Waals surface area contributed by atoms with E-state index in [0.29, 0.717) is 6.61 Å². The maximum Gasteiger partial charge on any atom is 0.0589 e. The van der Waals surface area contributed by atoms with E-state index in [-0.39, 0.29) is 12.1 Å². The van der Waals surface area contributed by atoms with Crippen molar-refractivity contribution in [1.29, 1.82) is 0 Å². The van der Waals surface area contributed by atoms with Gasteiger partial charge in [-0.1, -0.05) is 0 Å². The molecule has 4 heteroatoms. The largest absolute Gasteiger partial charge is 0.383 e. The lowest BCUT2D eigenvalue weighted by Gasteiger charge is -2.31.